The Kier molecular flexibility index (Phi) is 4.90. The molecule has 116 valence electrons. The Balaban J connectivity index is 1.84. The minimum absolute atomic E-state index is 0.477. The monoisotopic (exact) mass is 407 g/mol. The van der Waals surface area contributed by atoms with E-state index in [1.165, 1.54) is 5.56 Å². The molecule has 0 atom stereocenters. The summed E-state index contributed by atoms with van der Waals surface area (Å²) in [6, 6.07) is 15.2. The number of aliphatic imine (C=N–C) groups is 1. The summed E-state index contributed by atoms with van der Waals surface area (Å²) in [5.74, 6) is 1.45. The molecule has 0 amide bonds. The Bertz CT molecular complexity index is 886. The van der Waals surface area contributed by atoms with Crippen molar-refractivity contribution >= 4 is 51.0 Å². The van der Waals surface area contributed by atoms with Gasteiger partial charge in [0.05, 0.1) is 21.9 Å². The molecule has 2 nitrogen and oxygen atoms in total. The molecule has 0 aliphatic rings. The molecule has 0 aliphatic carbocycles. The minimum atomic E-state index is 0.477. The van der Waals surface area contributed by atoms with Crippen molar-refractivity contribution in [2.24, 2.45) is 4.99 Å². The molecule has 5 heteroatoms. The van der Waals surface area contributed by atoms with Crippen molar-refractivity contribution in [3.05, 3.63) is 74.4 Å². The van der Waals surface area contributed by atoms with Crippen LogP contribution in [0.15, 0.2) is 62.4 Å². The topological polar surface area (TPSA) is 25.5 Å². The van der Waals surface area contributed by atoms with Gasteiger partial charge >= 0.3 is 0 Å². The highest BCUT2D eigenvalue weighted by Gasteiger charge is 2.07. The van der Waals surface area contributed by atoms with Crippen LogP contribution in [-0.2, 0) is 0 Å². The van der Waals surface area contributed by atoms with Crippen LogP contribution in [0.3, 0.4) is 0 Å². The van der Waals surface area contributed by atoms with Crippen LogP contribution < -0.4 is 0 Å². The zero-order chi connectivity index (χ0) is 16.4. The van der Waals surface area contributed by atoms with Gasteiger partial charge in [0.25, 0.3) is 0 Å². The van der Waals surface area contributed by atoms with Gasteiger partial charge in [0.1, 0.15) is 11.5 Å². The Labute approximate surface area is 152 Å². The molecule has 1 aromatic heterocycles. The molecule has 0 N–H and O–H groups in total. The lowest BCUT2D eigenvalue weighted by atomic mass is 10.1. The summed E-state index contributed by atoms with van der Waals surface area (Å²) in [7, 11) is 0. The fourth-order valence-corrected chi connectivity index (χ4v) is 3.07. The van der Waals surface area contributed by atoms with E-state index in [9.17, 15) is 0 Å². The fraction of sp³-hybridized carbons (Fsp3) is 0.0556. The molecular formula is C18H12BrCl2NO. The van der Waals surface area contributed by atoms with E-state index in [0.717, 1.165) is 15.8 Å². The van der Waals surface area contributed by atoms with Gasteiger partial charge in [-0.15, -0.1) is 0 Å². The molecule has 0 bridgehead atoms. The van der Waals surface area contributed by atoms with Crippen LogP contribution in [0.2, 0.25) is 10.0 Å². The number of hydrogen-bond acceptors (Lipinski definition) is 2. The maximum atomic E-state index is 5.98. The first-order chi connectivity index (χ1) is 11.0. The van der Waals surface area contributed by atoms with E-state index in [1.54, 1.807) is 24.4 Å². The first kappa shape index (κ1) is 16.3. The molecule has 0 fully saturated rings. The molecule has 23 heavy (non-hydrogen) atoms. The van der Waals surface area contributed by atoms with Crippen LogP contribution in [0, 0.1) is 6.92 Å². The average Bonchev–Trinajstić information content (AvgIpc) is 2.97. The molecule has 0 unspecified atom stereocenters. The minimum Gasteiger partial charge on any atom is -0.455 e. The Morgan fingerprint density at radius 1 is 1.00 bits per heavy atom. The van der Waals surface area contributed by atoms with Gasteiger partial charge in [-0.1, -0.05) is 45.2 Å². The number of benzene rings is 2. The van der Waals surface area contributed by atoms with Crippen LogP contribution in [0.25, 0.3) is 11.3 Å². The normalized spacial score (nSPS) is 11.3. The highest BCUT2D eigenvalue weighted by Crippen LogP contribution is 2.30. The molecule has 3 rings (SSSR count). The molecular weight excluding hydrogens is 397 g/mol. The summed E-state index contributed by atoms with van der Waals surface area (Å²) in [4.78, 5) is 4.35. The maximum Gasteiger partial charge on any atom is 0.145 e. The van der Waals surface area contributed by atoms with Crippen molar-refractivity contribution in [1.29, 1.82) is 0 Å². The van der Waals surface area contributed by atoms with E-state index in [1.807, 2.05) is 31.2 Å². The first-order valence-corrected chi connectivity index (χ1v) is 8.43. The third-order valence-corrected chi connectivity index (χ3v) is 4.66. The Morgan fingerprint density at radius 2 is 1.83 bits per heavy atom. The summed E-state index contributed by atoms with van der Waals surface area (Å²) < 4.78 is 6.83. The van der Waals surface area contributed by atoms with Gasteiger partial charge in [-0.3, -0.25) is 4.99 Å². The molecule has 0 saturated heterocycles. The van der Waals surface area contributed by atoms with Crippen LogP contribution in [-0.4, -0.2) is 6.21 Å². The number of furan rings is 1. The summed E-state index contributed by atoms with van der Waals surface area (Å²) in [5, 5.41) is 0.986. The molecule has 0 saturated carbocycles. The van der Waals surface area contributed by atoms with E-state index in [-0.39, 0.29) is 0 Å². The predicted octanol–water partition coefficient (Wildman–Crippen LogP) is 7.07. The average molecular weight is 409 g/mol. The van der Waals surface area contributed by atoms with Crippen molar-refractivity contribution in [3.8, 4) is 11.3 Å². The number of hydrogen-bond donors (Lipinski definition) is 0. The third-order valence-electron chi connectivity index (χ3n) is 3.26. The highest BCUT2D eigenvalue weighted by atomic mass is 79.9. The van der Waals surface area contributed by atoms with Gasteiger partial charge in [0, 0.05) is 10.0 Å². The van der Waals surface area contributed by atoms with Gasteiger partial charge < -0.3 is 4.42 Å². The van der Waals surface area contributed by atoms with E-state index in [2.05, 4.69) is 27.0 Å². The first-order valence-electron chi connectivity index (χ1n) is 6.88. The largest absolute Gasteiger partial charge is 0.455 e. The Morgan fingerprint density at radius 3 is 2.57 bits per heavy atom. The number of aryl methyl sites for hydroxylation is 1. The van der Waals surface area contributed by atoms with Gasteiger partial charge in [-0.2, -0.15) is 0 Å². The SMILES string of the molecule is Cc1ccc(-c2ccc(C=Nc3ccc(Cl)c(Cl)c3)o2)c(Br)c1. The van der Waals surface area contributed by atoms with Crippen LogP contribution in [0.1, 0.15) is 11.3 Å². The maximum absolute atomic E-state index is 5.98. The van der Waals surface area contributed by atoms with Crippen molar-refractivity contribution in [2.75, 3.05) is 0 Å². The van der Waals surface area contributed by atoms with Gasteiger partial charge in [-0.05, 0) is 55.0 Å². The second-order valence-electron chi connectivity index (χ2n) is 5.04. The zero-order valence-electron chi connectivity index (χ0n) is 12.2. The zero-order valence-corrected chi connectivity index (χ0v) is 15.3. The molecule has 0 spiro atoms. The predicted molar refractivity (Wildman–Crippen MR) is 100 cm³/mol. The smallest absolute Gasteiger partial charge is 0.145 e. The van der Waals surface area contributed by atoms with E-state index < -0.39 is 0 Å². The third kappa shape index (κ3) is 3.86. The second-order valence-corrected chi connectivity index (χ2v) is 6.71. The molecule has 0 radical (unpaired) electrons. The lowest BCUT2D eigenvalue weighted by Crippen LogP contribution is -1.79. The van der Waals surface area contributed by atoms with Gasteiger partial charge in [0.2, 0.25) is 0 Å². The molecule has 0 aliphatic heterocycles. The van der Waals surface area contributed by atoms with Crippen LogP contribution in [0.4, 0.5) is 5.69 Å². The van der Waals surface area contributed by atoms with Crippen molar-refractivity contribution < 1.29 is 4.42 Å². The summed E-state index contributed by atoms with van der Waals surface area (Å²) >= 11 is 15.4. The van der Waals surface area contributed by atoms with Crippen molar-refractivity contribution in [3.63, 3.8) is 0 Å². The molecule has 3 aromatic rings. The number of nitrogens with zero attached hydrogens (tertiary/aromatic N) is 1. The summed E-state index contributed by atoms with van der Waals surface area (Å²) in [6.45, 7) is 2.05. The highest BCUT2D eigenvalue weighted by molar-refractivity contribution is 9.10. The Hall–Kier alpha value is -1.55. The summed E-state index contributed by atoms with van der Waals surface area (Å²) in [5.41, 5.74) is 2.91. The van der Waals surface area contributed by atoms with E-state index in [4.69, 9.17) is 27.6 Å². The lowest BCUT2D eigenvalue weighted by Gasteiger charge is -2.02. The standard InChI is InChI=1S/C18H12BrCl2NO/c1-11-2-5-14(15(19)8-11)18-7-4-13(23-18)10-22-12-3-6-16(20)17(21)9-12/h2-10H,1H3. The van der Waals surface area contributed by atoms with E-state index >= 15 is 0 Å². The van der Waals surface area contributed by atoms with Gasteiger partial charge in [0.15, 0.2) is 0 Å². The van der Waals surface area contributed by atoms with Gasteiger partial charge in [-0.25, -0.2) is 0 Å². The van der Waals surface area contributed by atoms with Crippen molar-refractivity contribution in [2.45, 2.75) is 6.92 Å². The number of rotatable bonds is 3. The molecule has 2 aromatic carbocycles. The van der Waals surface area contributed by atoms with Crippen molar-refractivity contribution in [1.82, 2.24) is 0 Å². The quantitative estimate of drug-likeness (QED) is 0.425. The second kappa shape index (κ2) is 6.91. The summed E-state index contributed by atoms with van der Waals surface area (Å²) in [6.07, 6.45) is 1.66. The van der Waals surface area contributed by atoms with E-state index in [0.29, 0.717) is 21.5 Å². The fourth-order valence-electron chi connectivity index (χ4n) is 2.09. The number of halogens is 3. The van der Waals surface area contributed by atoms with Crippen LogP contribution >= 0.6 is 39.1 Å². The lowest BCUT2D eigenvalue weighted by molar-refractivity contribution is 0.575. The molecule has 1 heterocycles. The van der Waals surface area contributed by atoms with Crippen LogP contribution in [0.5, 0.6) is 0 Å².